The van der Waals surface area contributed by atoms with Gasteiger partial charge in [0.25, 0.3) is 0 Å². The summed E-state index contributed by atoms with van der Waals surface area (Å²) in [6, 6.07) is 5.68. The smallest absolute Gasteiger partial charge is 0.225 e. The van der Waals surface area contributed by atoms with Gasteiger partial charge in [-0.2, -0.15) is 0 Å². The molecular formula is C22H21F2N3O. The minimum atomic E-state index is -0.574. The van der Waals surface area contributed by atoms with Gasteiger partial charge >= 0.3 is 0 Å². The molecule has 1 saturated heterocycles. The molecule has 28 heavy (non-hydrogen) atoms. The van der Waals surface area contributed by atoms with Crippen molar-refractivity contribution in [2.24, 2.45) is 5.92 Å². The highest BCUT2D eigenvalue weighted by Crippen LogP contribution is 2.37. The highest BCUT2D eigenvalue weighted by atomic mass is 19.1. The van der Waals surface area contributed by atoms with E-state index in [2.05, 4.69) is 9.88 Å². The SMILES string of the molecule is O=C(C1CC1)N1CCN(c2ccnc3c2C=C(c2ccc(F)cc2F)C3)CC1. The van der Waals surface area contributed by atoms with Crippen molar-refractivity contribution in [3.63, 3.8) is 0 Å². The molecule has 1 aliphatic heterocycles. The van der Waals surface area contributed by atoms with Gasteiger partial charge in [-0.15, -0.1) is 0 Å². The molecule has 1 saturated carbocycles. The Bertz CT molecular complexity index is 976. The molecule has 2 fully saturated rings. The fourth-order valence-corrected chi connectivity index (χ4v) is 4.16. The lowest BCUT2D eigenvalue weighted by Gasteiger charge is -2.37. The van der Waals surface area contributed by atoms with Crippen molar-refractivity contribution >= 4 is 23.2 Å². The van der Waals surface area contributed by atoms with Gasteiger partial charge in [-0.25, -0.2) is 8.78 Å². The molecule has 0 atom stereocenters. The first-order valence-corrected chi connectivity index (χ1v) is 9.78. The molecule has 6 heteroatoms. The fourth-order valence-electron chi connectivity index (χ4n) is 4.16. The minimum absolute atomic E-state index is 0.257. The third kappa shape index (κ3) is 3.07. The number of aromatic nitrogens is 1. The molecule has 0 bridgehead atoms. The number of fused-ring (bicyclic) bond motifs is 1. The number of carbonyl (C=O) groups is 1. The van der Waals surface area contributed by atoms with Crippen LogP contribution in [-0.2, 0) is 11.2 Å². The van der Waals surface area contributed by atoms with E-state index >= 15 is 0 Å². The van der Waals surface area contributed by atoms with Crippen LogP contribution < -0.4 is 4.90 Å². The molecular weight excluding hydrogens is 360 g/mol. The van der Waals surface area contributed by atoms with Crippen LogP contribution >= 0.6 is 0 Å². The summed E-state index contributed by atoms with van der Waals surface area (Å²) in [5.74, 6) is -0.566. The van der Waals surface area contributed by atoms with Crippen LogP contribution in [0.5, 0.6) is 0 Å². The van der Waals surface area contributed by atoms with E-state index in [9.17, 15) is 13.6 Å². The Kier molecular flexibility index (Phi) is 4.14. The van der Waals surface area contributed by atoms with E-state index in [0.29, 0.717) is 17.9 Å². The Morgan fingerprint density at radius 3 is 2.57 bits per heavy atom. The van der Waals surface area contributed by atoms with Crippen molar-refractivity contribution in [1.82, 2.24) is 9.88 Å². The van der Waals surface area contributed by atoms with Crippen LogP contribution in [0.2, 0.25) is 0 Å². The quantitative estimate of drug-likeness (QED) is 0.816. The number of benzene rings is 1. The van der Waals surface area contributed by atoms with Crippen molar-refractivity contribution < 1.29 is 13.6 Å². The summed E-state index contributed by atoms with van der Waals surface area (Å²) in [6.07, 6.45) is 6.35. The molecule has 2 aromatic rings. The van der Waals surface area contributed by atoms with Crippen molar-refractivity contribution in [1.29, 1.82) is 0 Å². The summed E-state index contributed by atoms with van der Waals surface area (Å²) < 4.78 is 27.5. The van der Waals surface area contributed by atoms with Crippen molar-refractivity contribution in [3.8, 4) is 0 Å². The number of pyridine rings is 1. The maximum absolute atomic E-state index is 14.2. The molecule has 2 aliphatic carbocycles. The number of rotatable bonds is 3. The molecule has 1 aromatic heterocycles. The summed E-state index contributed by atoms with van der Waals surface area (Å²) in [4.78, 5) is 21.0. The van der Waals surface area contributed by atoms with Crippen LogP contribution in [0.3, 0.4) is 0 Å². The van der Waals surface area contributed by atoms with Gasteiger partial charge < -0.3 is 9.80 Å². The van der Waals surface area contributed by atoms with E-state index in [0.717, 1.165) is 67.6 Å². The second-order valence-electron chi connectivity index (χ2n) is 7.75. The first kappa shape index (κ1) is 17.3. The number of amides is 1. The first-order valence-electron chi connectivity index (χ1n) is 9.78. The van der Waals surface area contributed by atoms with Crippen LogP contribution in [0, 0.1) is 17.6 Å². The number of nitrogens with zero attached hydrogens (tertiary/aromatic N) is 3. The Morgan fingerprint density at radius 1 is 1.07 bits per heavy atom. The fraction of sp³-hybridized carbons (Fsp3) is 0.364. The second-order valence-corrected chi connectivity index (χ2v) is 7.75. The van der Waals surface area contributed by atoms with E-state index in [1.165, 1.54) is 12.1 Å². The number of hydrogen-bond donors (Lipinski definition) is 0. The summed E-state index contributed by atoms with van der Waals surface area (Å²) in [5.41, 5.74) is 4.22. The molecule has 144 valence electrons. The van der Waals surface area contributed by atoms with Crippen LogP contribution in [0.4, 0.5) is 14.5 Å². The topological polar surface area (TPSA) is 36.4 Å². The van der Waals surface area contributed by atoms with Crippen LogP contribution in [0.25, 0.3) is 11.6 Å². The maximum Gasteiger partial charge on any atom is 0.225 e. The van der Waals surface area contributed by atoms with Crippen LogP contribution in [0.1, 0.15) is 29.7 Å². The summed E-state index contributed by atoms with van der Waals surface area (Å²) in [5, 5.41) is 0. The number of carbonyl (C=O) groups excluding carboxylic acids is 1. The van der Waals surface area contributed by atoms with Gasteiger partial charge in [0.1, 0.15) is 11.6 Å². The van der Waals surface area contributed by atoms with Gasteiger partial charge in [-0.3, -0.25) is 9.78 Å². The van der Waals surface area contributed by atoms with Gasteiger partial charge in [0.15, 0.2) is 0 Å². The van der Waals surface area contributed by atoms with E-state index in [-0.39, 0.29) is 5.92 Å². The Balaban J connectivity index is 1.38. The maximum atomic E-state index is 14.2. The lowest BCUT2D eigenvalue weighted by molar-refractivity contribution is -0.132. The van der Waals surface area contributed by atoms with Crippen molar-refractivity contribution in [2.45, 2.75) is 19.3 Å². The number of anilines is 1. The summed E-state index contributed by atoms with van der Waals surface area (Å²) >= 11 is 0. The zero-order valence-electron chi connectivity index (χ0n) is 15.5. The molecule has 5 rings (SSSR count). The van der Waals surface area contributed by atoms with Crippen molar-refractivity contribution in [2.75, 3.05) is 31.1 Å². The van der Waals surface area contributed by atoms with Gasteiger partial charge in [0, 0.05) is 67.6 Å². The lowest BCUT2D eigenvalue weighted by Crippen LogP contribution is -2.49. The standard InChI is InChI=1S/C22H21F2N3O/c23-16-3-4-17(19(24)13-16)15-11-18-20(12-15)25-6-5-21(18)26-7-9-27(10-8-26)22(28)14-1-2-14/h3-6,11,13-14H,1-2,7-10,12H2. The number of piperazine rings is 1. The Morgan fingerprint density at radius 2 is 1.86 bits per heavy atom. The third-order valence-electron chi connectivity index (χ3n) is 5.86. The van der Waals surface area contributed by atoms with Gasteiger partial charge in [-0.05, 0) is 42.7 Å². The predicted octanol–water partition coefficient (Wildman–Crippen LogP) is 3.52. The molecule has 0 unspecified atom stereocenters. The van der Waals surface area contributed by atoms with Crippen molar-refractivity contribution in [3.05, 3.63) is 58.9 Å². The molecule has 0 radical (unpaired) electrons. The van der Waals surface area contributed by atoms with Gasteiger partial charge in [0.05, 0.1) is 5.69 Å². The zero-order valence-corrected chi connectivity index (χ0v) is 15.5. The van der Waals surface area contributed by atoms with E-state index in [1.54, 1.807) is 6.20 Å². The molecule has 1 amide bonds. The highest BCUT2D eigenvalue weighted by Gasteiger charge is 2.35. The van der Waals surface area contributed by atoms with Crippen LogP contribution in [-0.4, -0.2) is 42.0 Å². The monoisotopic (exact) mass is 381 g/mol. The molecule has 4 nitrogen and oxygen atoms in total. The van der Waals surface area contributed by atoms with Crippen LogP contribution in [0.15, 0.2) is 30.5 Å². The second kappa shape index (κ2) is 6.69. The third-order valence-corrected chi connectivity index (χ3v) is 5.86. The Hall–Kier alpha value is -2.76. The predicted molar refractivity (Wildman–Crippen MR) is 104 cm³/mol. The molecule has 0 spiro atoms. The number of halogens is 2. The highest BCUT2D eigenvalue weighted by molar-refractivity contribution is 5.92. The molecule has 1 aromatic carbocycles. The number of hydrogen-bond acceptors (Lipinski definition) is 3. The van der Waals surface area contributed by atoms with Gasteiger partial charge in [-0.1, -0.05) is 0 Å². The van der Waals surface area contributed by atoms with E-state index in [4.69, 9.17) is 0 Å². The number of allylic oxidation sites excluding steroid dienone is 1. The largest absolute Gasteiger partial charge is 0.367 e. The van der Waals surface area contributed by atoms with Gasteiger partial charge in [0.2, 0.25) is 5.91 Å². The zero-order chi connectivity index (χ0) is 19.3. The molecule has 3 aliphatic rings. The van der Waals surface area contributed by atoms with E-state index in [1.807, 2.05) is 17.0 Å². The lowest BCUT2D eigenvalue weighted by atomic mass is 10.0. The summed E-state index contributed by atoms with van der Waals surface area (Å²) in [6.45, 7) is 3.02. The first-order chi connectivity index (χ1) is 13.6. The average molecular weight is 381 g/mol. The molecule has 0 N–H and O–H groups in total. The average Bonchev–Trinajstić information content (AvgIpc) is 3.46. The molecule has 2 heterocycles. The Labute approximate surface area is 162 Å². The summed E-state index contributed by atoms with van der Waals surface area (Å²) in [7, 11) is 0. The minimum Gasteiger partial charge on any atom is -0.367 e. The van der Waals surface area contributed by atoms with E-state index < -0.39 is 11.6 Å². The normalized spacial score (nSPS) is 18.9.